The molecule has 2 aromatic carbocycles. The lowest BCUT2D eigenvalue weighted by molar-refractivity contribution is -0.120. The molecule has 1 unspecified atom stereocenters. The fourth-order valence-electron chi connectivity index (χ4n) is 3.80. The molecule has 0 saturated carbocycles. The summed E-state index contributed by atoms with van der Waals surface area (Å²) in [5.74, 6) is 0.894. The smallest absolute Gasteiger partial charge is 0.258 e. The van der Waals surface area contributed by atoms with Crippen LogP contribution in [0.1, 0.15) is 22.5 Å². The predicted molar refractivity (Wildman–Crippen MR) is 107 cm³/mol. The number of aryl methyl sites for hydroxylation is 1. The van der Waals surface area contributed by atoms with Gasteiger partial charge in [-0.3, -0.25) is 9.59 Å². The highest BCUT2D eigenvalue weighted by atomic mass is 16.5. The maximum absolute atomic E-state index is 13.3. The Kier molecular flexibility index (Phi) is 4.55. The summed E-state index contributed by atoms with van der Waals surface area (Å²) in [6.45, 7) is 2.35. The third kappa shape index (κ3) is 2.91. The summed E-state index contributed by atoms with van der Waals surface area (Å²) in [7, 11) is 3.26. The molecule has 28 heavy (non-hydrogen) atoms. The highest BCUT2D eigenvalue weighted by Gasteiger charge is 2.38. The molecule has 1 aromatic heterocycles. The number of nitrogens with zero attached hydrogens (tertiary/aromatic N) is 2. The van der Waals surface area contributed by atoms with Gasteiger partial charge in [-0.15, -0.1) is 0 Å². The number of rotatable bonds is 4. The van der Waals surface area contributed by atoms with E-state index in [-0.39, 0.29) is 11.8 Å². The van der Waals surface area contributed by atoms with Crippen LogP contribution in [0.3, 0.4) is 0 Å². The molecule has 1 aliphatic heterocycles. The second-order valence-electron chi connectivity index (χ2n) is 6.94. The molecular weight excluding hydrogens is 356 g/mol. The highest BCUT2D eigenvalue weighted by Crippen LogP contribution is 2.31. The molecule has 1 aliphatic rings. The van der Waals surface area contributed by atoms with Gasteiger partial charge in [0.25, 0.3) is 5.91 Å². The molecule has 6 heteroatoms. The Balaban J connectivity index is 1.63. The first-order valence-corrected chi connectivity index (χ1v) is 9.22. The van der Waals surface area contributed by atoms with Gasteiger partial charge in [0.05, 0.1) is 12.7 Å². The summed E-state index contributed by atoms with van der Waals surface area (Å²) in [5.41, 5.74) is 1.95. The van der Waals surface area contributed by atoms with Crippen molar-refractivity contribution >= 4 is 28.5 Å². The molecule has 1 fully saturated rings. The molecule has 1 atom stereocenters. The Hall–Kier alpha value is -3.28. The third-order valence-corrected chi connectivity index (χ3v) is 5.32. The zero-order valence-corrected chi connectivity index (χ0v) is 16.1. The Morgan fingerprint density at radius 2 is 1.96 bits per heavy atom. The number of hydrogen-bond donors (Lipinski definition) is 0. The summed E-state index contributed by atoms with van der Waals surface area (Å²) >= 11 is 0. The molecule has 1 saturated heterocycles. The van der Waals surface area contributed by atoms with E-state index in [0.717, 1.165) is 5.69 Å². The minimum atomic E-state index is -0.498. The van der Waals surface area contributed by atoms with Crippen molar-refractivity contribution in [1.29, 1.82) is 0 Å². The van der Waals surface area contributed by atoms with Crippen LogP contribution in [0.4, 0.5) is 5.69 Å². The van der Waals surface area contributed by atoms with Crippen molar-refractivity contribution in [3.05, 3.63) is 59.9 Å². The second-order valence-corrected chi connectivity index (χ2v) is 6.94. The lowest BCUT2D eigenvalue weighted by atomic mass is 10.1. The Morgan fingerprint density at radius 1 is 1.21 bits per heavy atom. The first-order valence-electron chi connectivity index (χ1n) is 9.22. The van der Waals surface area contributed by atoms with Crippen molar-refractivity contribution in [2.75, 3.05) is 25.6 Å². The van der Waals surface area contributed by atoms with Crippen molar-refractivity contribution in [2.45, 2.75) is 19.4 Å². The number of hydrogen-bond acceptors (Lipinski definition) is 4. The quantitative estimate of drug-likeness (QED) is 0.696. The van der Waals surface area contributed by atoms with Gasteiger partial charge in [-0.05, 0) is 43.7 Å². The molecular formula is C22H22N2O4. The normalized spacial score (nSPS) is 16.6. The van der Waals surface area contributed by atoms with Gasteiger partial charge in [0.2, 0.25) is 5.91 Å². The topological polar surface area (TPSA) is 63.0 Å². The van der Waals surface area contributed by atoms with Gasteiger partial charge in [0.1, 0.15) is 23.1 Å². The van der Waals surface area contributed by atoms with Crippen molar-refractivity contribution in [2.24, 2.45) is 0 Å². The zero-order chi connectivity index (χ0) is 19.8. The summed E-state index contributed by atoms with van der Waals surface area (Å²) < 4.78 is 11.0. The molecule has 0 aliphatic carbocycles. The fraction of sp³-hybridized carbons (Fsp3) is 0.273. The van der Waals surface area contributed by atoms with Crippen LogP contribution in [0, 0.1) is 6.92 Å². The van der Waals surface area contributed by atoms with E-state index in [1.54, 1.807) is 44.2 Å². The van der Waals surface area contributed by atoms with Crippen molar-refractivity contribution < 1.29 is 18.7 Å². The van der Waals surface area contributed by atoms with Crippen LogP contribution >= 0.6 is 0 Å². The van der Waals surface area contributed by atoms with Crippen LogP contribution in [0.15, 0.2) is 52.9 Å². The molecule has 144 valence electrons. The standard InChI is InChI=1S/C22H22N2O4/c1-14-20(17-13-16(27-3)9-10-19(17)28-14)22(26)23(2)18-11-12-24(21(18)25)15-7-5-4-6-8-15/h4-10,13,18H,11-12H2,1-3H3. The van der Waals surface area contributed by atoms with E-state index in [4.69, 9.17) is 9.15 Å². The fourth-order valence-corrected chi connectivity index (χ4v) is 3.80. The lowest BCUT2D eigenvalue weighted by Crippen LogP contribution is -2.43. The van der Waals surface area contributed by atoms with Gasteiger partial charge >= 0.3 is 0 Å². The lowest BCUT2D eigenvalue weighted by Gasteiger charge is -2.24. The molecule has 3 aromatic rings. The van der Waals surface area contributed by atoms with Gasteiger partial charge < -0.3 is 19.0 Å². The van der Waals surface area contributed by atoms with Crippen LogP contribution < -0.4 is 9.64 Å². The van der Waals surface area contributed by atoms with Crippen LogP contribution in [0.25, 0.3) is 11.0 Å². The molecule has 0 spiro atoms. The van der Waals surface area contributed by atoms with E-state index in [9.17, 15) is 9.59 Å². The second kappa shape index (κ2) is 7.03. The first-order chi connectivity index (χ1) is 13.5. The summed E-state index contributed by atoms with van der Waals surface area (Å²) in [5, 5.41) is 0.694. The maximum atomic E-state index is 13.3. The first kappa shape index (κ1) is 18.1. The third-order valence-electron chi connectivity index (χ3n) is 5.32. The van der Waals surface area contributed by atoms with Crippen molar-refractivity contribution in [1.82, 2.24) is 4.90 Å². The SMILES string of the molecule is COc1ccc2oc(C)c(C(=O)N(C)C3CCN(c4ccccc4)C3=O)c2c1. The average molecular weight is 378 g/mol. The highest BCUT2D eigenvalue weighted by molar-refractivity contribution is 6.10. The Morgan fingerprint density at radius 3 is 2.68 bits per heavy atom. The minimum absolute atomic E-state index is 0.0647. The largest absolute Gasteiger partial charge is 0.497 e. The van der Waals surface area contributed by atoms with Gasteiger partial charge in [-0.25, -0.2) is 0 Å². The van der Waals surface area contributed by atoms with Crippen LogP contribution in [0.2, 0.25) is 0 Å². The minimum Gasteiger partial charge on any atom is -0.497 e. The van der Waals surface area contributed by atoms with Gasteiger partial charge in [0, 0.05) is 24.7 Å². The number of fused-ring (bicyclic) bond motifs is 1. The van der Waals surface area contributed by atoms with Gasteiger partial charge in [-0.2, -0.15) is 0 Å². The van der Waals surface area contributed by atoms with Crippen LogP contribution in [-0.2, 0) is 4.79 Å². The molecule has 6 nitrogen and oxygen atoms in total. The van der Waals surface area contributed by atoms with E-state index in [2.05, 4.69) is 0 Å². The van der Waals surface area contributed by atoms with E-state index < -0.39 is 6.04 Å². The van der Waals surface area contributed by atoms with Gasteiger partial charge in [-0.1, -0.05) is 18.2 Å². The van der Waals surface area contributed by atoms with E-state index in [1.165, 1.54) is 4.90 Å². The summed E-state index contributed by atoms with van der Waals surface area (Å²) in [6.07, 6.45) is 0.591. The number of furan rings is 1. The number of ether oxygens (including phenoxy) is 1. The Labute approximate surface area is 163 Å². The molecule has 4 rings (SSSR count). The van der Waals surface area contributed by atoms with E-state index in [1.807, 2.05) is 30.3 Å². The van der Waals surface area contributed by atoms with Crippen LogP contribution in [-0.4, -0.2) is 43.5 Å². The van der Waals surface area contributed by atoms with Crippen molar-refractivity contribution in [3.8, 4) is 5.75 Å². The maximum Gasteiger partial charge on any atom is 0.258 e. The summed E-state index contributed by atoms with van der Waals surface area (Å²) in [4.78, 5) is 29.5. The summed E-state index contributed by atoms with van der Waals surface area (Å²) in [6, 6.07) is 14.4. The number of carbonyl (C=O) groups excluding carboxylic acids is 2. The average Bonchev–Trinajstić information content (AvgIpc) is 3.26. The van der Waals surface area contributed by atoms with E-state index >= 15 is 0 Å². The molecule has 0 N–H and O–H groups in total. The van der Waals surface area contributed by atoms with Crippen LogP contribution in [0.5, 0.6) is 5.75 Å². The molecule has 2 heterocycles. The number of likely N-dealkylation sites (N-methyl/N-ethyl adjacent to an activating group) is 1. The molecule has 0 radical (unpaired) electrons. The van der Waals surface area contributed by atoms with Gasteiger partial charge in [0.15, 0.2) is 0 Å². The molecule has 0 bridgehead atoms. The number of anilines is 1. The Bertz CT molecular complexity index is 1040. The number of amides is 2. The number of carbonyl (C=O) groups is 2. The zero-order valence-electron chi connectivity index (χ0n) is 16.1. The monoisotopic (exact) mass is 378 g/mol. The van der Waals surface area contributed by atoms with Crippen molar-refractivity contribution in [3.63, 3.8) is 0 Å². The number of benzene rings is 2. The number of para-hydroxylation sites is 1. The predicted octanol–water partition coefficient (Wildman–Crippen LogP) is 3.63. The van der Waals surface area contributed by atoms with E-state index in [0.29, 0.717) is 41.0 Å². The number of methoxy groups -OCH3 is 1. The molecule has 2 amide bonds.